The van der Waals surface area contributed by atoms with Gasteiger partial charge in [-0.15, -0.1) is 0 Å². The summed E-state index contributed by atoms with van der Waals surface area (Å²) in [5.41, 5.74) is 1.72. The molecule has 2 heterocycles. The quantitative estimate of drug-likeness (QED) is 0.416. The Morgan fingerprint density at radius 1 is 1.16 bits per heavy atom. The fourth-order valence-electron chi connectivity index (χ4n) is 3.85. The zero-order chi connectivity index (χ0) is 23.1. The van der Waals surface area contributed by atoms with Gasteiger partial charge in [-0.25, -0.2) is 0 Å². The first-order chi connectivity index (χ1) is 15.1. The molecule has 1 unspecified atom stereocenters. The van der Waals surface area contributed by atoms with E-state index in [1.807, 2.05) is 18.2 Å². The lowest BCUT2D eigenvalue weighted by Crippen LogP contribution is -2.44. The number of rotatable bonds is 6. The average molecular weight is 473 g/mol. The molecule has 1 aromatic heterocycles. The number of nitrogens with one attached hydrogen (secondary N) is 1. The van der Waals surface area contributed by atoms with Crippen molar-refractivity contribution in [2.75, 3.05) is 14.2 Å². The summed E-state index contributed by atoms with van der Waals surface area (Å²) in [4.78, 5) is 14.7. The van der Waals surface area contributed by atoms with Crippen LogP contribution in [0.15, 0.2) is 65.5 Å². The van der Waals surface area contributed by atoms with Crippen LogP contribution in [0, 0.1) is 0 Å². The Labute approximate surface area is 190 Å². The second-order valence-corrected chi connectivity index (χ2v) is 9.27. The van der Waals surface area contributed by atoms with E-state index in [0.29, 0.717) is 33.1 Å². The Balaban J connectivity index is 1.86. The largest absolute Gasteiger partial charge is 0.497 e. The molecule has 1 amide bonds. The lowest BCUT2D eigenvalue weighted by atomic mass is 9.83. The molecule has 1 aliphatic rings. The predicted molar refractivity (Wildman–Crippen MR) is 122 cm³/mol. The number of likely N-dealkylation sites (N-methyl/N-ethyl adjacent to an activating group) is 1. The van der Waals surface area contributed by atoms with Gasteiger partial charge in [0.05, 0.1) is 19.6 Å². The summed E-state index contributed by atoms with van der Waals surface area (Å²) in [5.74, 6) is -0.361. The van der Waals surface area contributed by atoms with Gasteiger partial charge in [0.25, 0.3) is 16.0 Å². The Hall–Kier alpha value is -3.21. The third-order valence-corrected chi connectivity index (χ3v) is 6.43. The van der Waals surface area contributed by atoms with Gasteiger partial charge in [0.1, 0.15) is 11.5 Å². The summed E-state index contributed by atoms with van der Waals surface area (Å²) in [6, 6.07) is 13.9. The summed E-state index contributed by atoms with van der Waals surface area (Å²) in [6.45, 7) is 0. The first-order valence-corrected chi connectivity index (χ1v) is 11.5. The maximum absolute atomic E-state index is 13.3. The van der Waals surface area contributed by atoms with E-state index < -0.39 is 21.4 Å². The van der Waals surface area contributed by atoms with E-state index in [2.05, 4.69) is 5.32 Å². The molecule has 4 rings (SSSR count). The Bertz CT molecular complexity index is 1300. The molecule has 3 aromatic rings. The highest BCUT2D eigenvalue weighted by Crippen LogP contribution is 2.38. The number of hydrogen-bond donors (Lipinski definition) is 2. The molecular weight excluding hydrogens is 452 g/mol. The Morgan fingerprint density at radius 2 is 1.94 bits per heavy atom. The van der Waals surface area contributed by atoms with E-state index in [-0.39, 0.29) is 5.91 Å². The highest BCUT2D eigenvalue weighted by Gasteiger charge is 2.51. The molecule has 0 saturated carbocycles. The highest BCUT2D eigenvalue weighted by molar-refractivity contribution is 7.85. The smallest absolute Gasteiger partial charge is 0.269 e. The van der Waals surface area contributed by atoms with Crippen LogP contribution < -0.4 is 10.1 Å². The Morgan fingerprint density at radius 3 is 2.53 bits per heavy atom. The molecule has 0 bridgehead atoms. The summed E-state index contributed by atoms with van der Waals surface area (Å²) in [6.07, 6.45) is 2.98. The van der Waals surface area contributed by atoms with Gasteiger partial charge in [0, 0.05) is 12.6 Å². The van der Waals surface area contributed by atoms with Crippen molar-refractivity contribution in [3.63, 3.8) is 0 Å². The number of carbonyl (C=O) groups is 1. The van der Waals surface area contributed by atoms with E-state index in [1.54, 1.807) is 37.4 Å². The van der Waals surface area contributed by atoms with Crippen LogP contribution in [-0.4, -0.2) is 43.0 Å². The minimum atomic E-state index is -4.22. The summed E-state index contributed by atoms with van der Waals surface area (Å²) in [5, 5.41) is 3.43. The maximum Gasteiger partial charge on any atom is 0.269 e. The number of nitrogens with zero attached hydrogens (tertiary/aromatic N) is 1. The van der Waals surface area contributed by atoms with E-state index in [9.17, 15) is 17.8 Å². The van der Waals surface area contributed by atoms with Gasteiger partial charge in [0.15, 0.2) is 10.7 Å². The molecule has 0 spiro atoms. The lowest BCUT2D eigenvalue weighted by Gasteiger charge is -2.27. The van der Waals surface area contributed by atoms with Crippen LogP contribution in [-0.2, 0) is 26.2 Å². The number of carbonyl (C=O) groups excluding carboxylic acids is 1. The van der Waals surface area contributed by atoms with Crippen molar-refractivity contribution in [1.29, 1.82) is 0 Å². The highest BCUT2D eigenvalue weighted by atomic mass is 32.2. The van der Waals surface area contributed by atoms with Crippen molar-refractivity contribution in [2.24, 2.45) is 0 Å². The standard InChI is InChI=1S/C22H20N2O6S2/c1-24-20(25)22(23-21(24)31,18-6-7-30-12-18)17-5-3-4-15(10-17)16-8-14(13-32(26,27)28)9-19(11-16)29-2/h3-12H,13H2,1-2H3,(H,23,31)(H,26,27,28). The molecule has 0 aliphatic carbocycles. The second kappa shape index (κ2) is 8.05. The lowest BCUT2D eigenvalue weighted by molar-refractivity contribution is -0.129. The molecular formula is C22H20N2O6S2. The van der Waals surface area contributed by atoms with Crippen molar-refractivity contribution in [3.05, 3.63) is 77.7 Å². The monoisotopic (exact) mass is 472 g/mol. The fraction of sp³-hybridized carbons (Fsp3) is 0.182. The van der Waals surface area contributed by atoms with Crippen LogP contribution in [0.3, 0.4) is 0 Å². The van der Waals surface area contributed by atoms with Crippen molar-refractivity contribution < 1.29 is 26.9 Å². The third-order valence-electron chi connectivity index (χ3n) is 5.36. The SMILES string of the molecule is COc1cc(CS(=O)(=O)O)cc(-c2cccc(C3(c4ccoc4)NC(=S)N(C)C3=O)c2)c1. The fourth-order valence-corrected chi connectivity index (χ4v) is 4.67. The first-order valence-electron chi connectivity index (χ1n) is 9.51. The van der Waals surface area contributed by atoms with Crippen LogP contribution in [0.25, 0.3) is 11.1 Å². The Kier molecular flexibility index (Phi) is 5.53. The number of methoxy groups -OCH3 is 1. The number of furan rings is 1. The summed E-state index contributed by atoms with van der Waals surface area (Å²) in [7, 11) is -1.15. The van der Waals surface area contributed by atoms with Crippen molar-refractivity contribution in [2.45, 2.75) is 11.3 Å². The number of ether oxygens (including phenoxy) is 1. The number of benzene rings is 2. The van der Waals surface area contributed by atoms with Gasteiger partial charge in [-0.1, -0.05) is 18.2 Å². The molecule has 1 atom stereocenters. The average Bonchev–Trinajstić information content (AvgIpc) is 3.36. The van der Waals surface area contributed by atoms with E-state index >= 15 is 0 Å². The summed E-state index contributed by atoms with van der Waals surface area (Å²) >= 11 is 5.33. The van der Waals surface area contributed by atoms with Crippen molar-refractivity contribution in [1.82, 2.24) is 10.2 Å². The van der Waals surface area contributed by atoms with Crippen LogP contribution in [0.4, 0.5) is 0 Å². The van der Waals surface area contributed by atoms with Crippen LogP contribution in [0.2, 0.25) is 0 Å². The first kappa shape index (κ1) is 22.0. The maximum atomic E-state index is 13.3. The molecule has 1 fully saturated rings. The second-order valence-electron chi connectivity index (χ2n) is 7.43. The van der Waals surface area contributed by atoms with Gasteiger partial charge < -0.3 is 14.5 Å². The molecule has 32 heavy (non-hydrogen) atoms. The normalized spacial score (nSPS) is 18.7. The topological polar surface area (TPSA) is 109 Å². The third kappa shape index (κ3) is 3.88. The molecule has 2 N–H and O–H groups in total. The zero-order valence-electron chi connectivity index (χ0n) is 17.2. The molecule has 10 heteroatoms. The van der Waals surface area contributed by atoms with Crippen molar-refractivity contribution >= 4 is 33.4 Å². The van der Waals surface area contributed by atoms with E-state index in [4.69, 9.17) is 21.4 Å². The number of amides is 1. The van der Waals surface area contributed by atoms with Gasteiger partial charge in [-0.3, -0.25) is 14.2 Å². The molecule has 166 valence electrons. The molecule has 1 aliphatic heterocycles. The van der Waals surface area contributed by atoms with Gasteiger partial charge >= 0.3 is 0 Å². The van der Waals surface area contributed by atoms with Gasteiger partial charge in [-0.05, 0) is 64.8 Å². The van der Waals surface area contributed by atoms with E-state index in [1.165, 1.54) is 24.5 Å². The molecule has 1 saturated heterocycles. The number of thiocarbonyl (C=S) groups is 1. The molecule has 2 aromatic carbocycles. The summed E-state index contributed by atoms with van der Waals surface area (Å²) < 4.78 is 42.6. The van der Waals surface area contributed by atoms with Crippen molar-refractivity contribution in [3.8, 4) is 16.9 Å². The minimum Gasteiger partial charge on any atom is -0.497 e. The van der Waals surface area contributed by atoms with Crippen LogP contribution >= 0.6 is 12.2 Å². The molecule has 8 nitrogen and oxygen atoms in total. The zero-order valence-corrected chi connectivity index (χ0v) is 18.9. The predicted octanol–water partition coefficient (Wildman–Crippen LogP) is 2.93. The van der Waals surface area contributed by atoms with Crippen LogP contribution in [0.5, 0.6) is 5.75 Å². The number of hydrogen-bond acceptors (Lipinski definition) is 6. The molecule has 0 radical (unpaired) electrons. The van der Waals surface area contributed by atoms with E-state index in [0.717, 1.165) is 5.56 Å². The van der Waals surface area contributed by atoms with Gasteiger partial charge in [0.2, 0.25) is 0 Å². The van der Waals surface area contributed by atoms with Gasteiger partial charge in [-0.2, -0.15) is 8.42 Å². The minimum absolute atomic E-state index is 0.251. The van der Waals surface area contributed by atoms with Crippen LogP contribution in [0.1, 0.15) is 16.7 Å².